The summed E-state index contributed by atoms with van der Waals surface area (Å²) in [4.78, 5) is 30.4. The molecule has 6 heteroatoms. The summed E-state index contributed by atoms with van der Waals surface area (Å²) in [6.45, 7) is 2.70. The Bertz CT molecular complexity index is 1200. The standard InChI is InChI=1S/C22H20N4OS/c1-2-6-14-9-10-18(28-14)20-19-16(13-26(20)22-23-11-5-12-24-22)21(27)15-7-3-4-8-17(15)25-19/h3-5,7-12,20H,2,6,13H2,1H3,(H,25,27). The SMILES string of the molecule is CCCc1ccc(C2c3[nH]c4ccccc4c(=O)c3CN2c2ncccn2)s1. The van der Waals surface area contributed by atoms with Crippen molar-refractivity contribution in [2.24, 2.45) is 0 Å². The van der Waals surface area contributed by atoms with E-state index in [1.54, 1.807) is 12.4 Å². The largest absolute Gasteiger partial charge is 0.356 e. The first-order chi connectivity index (χ1) is 13.8. The van der Waals surface area contributed by atoms with Crippen molar-refractivity contribution >= 4 is 28.2 Å². The Balaban J connectivity index is 1.71. The van der Waals surface area contributed by atoms with Crippen LogP contribution in [0.2, 0.25) is 0 Å². The van der Waals surface area contributed by atoms with Crippen LogP contribution in [0.25, 0.3) is 10.9 Å². The van der Waals surface area contributed by atoms with Crippen LogP contribution in [0.15, 0.2) is 59.7 Å². The van der Waals surface area contributed by atoms with E-state index < -0.39 is 0 Å². The minimum atomic E-state index is -0.0784. The fourth-order valence-electron chi connectivity index (χ4n) is 3.95. The summed E-state index contributed by atoms with van der Waals surface area (Å²) < 4.78 is 0. The zero-order chi connectivity index (χ0) is 19.1. The molecule has 5 rings (SSSR count). The summed E-state index contributed by atoms with van der Waals surface area (Å²) in [6, 6.07) is 13.8. The van der Waals surface area contributed by atoms with E-state index in [9.17, 15) is 4.79 Å². The van der Waals surface area contributed by atoms with Crippen LogP contribution in [-0.2, 0) is 13.0 Å². The Labute approximate surface area is 166 Å². The lowest BCUT2D eigenvalue weighted by Gasteiger charge is -2.24. The maximum Gasteiger partial charge on any atom is 0.226 e. The van der Waals surface area contributed by atoms with Crippen molar-refractivity contribution in [2.45, 2.75) is 32.4 Å². The van der Waals surface area contributed by atoms with Crippen LogP contribution in [0.5, 0.6) is 0 Å². The van der Waals surface area contributed by atoms with Gasteiger partial charge in [-0.05, 0) is 36.8 Å². The maximum absolute atomic E-state index is 13.2. The van der Waals surface area contributed by atoms with Crippen molar-refractivity contribution in [3.8, 4) is 0 Å². The molecule has 1 N–H and O–H groups in total. The monoisotopic (exact) mass is 388 g/mol. The molecule has 5 nitrogen and oxygen atoms in total. The molecular weight excluding hydrogens is 368 g/mol. The van der Waals surface area contributed by atoms with Crippen LogP contribution in [-0.4, -0.2) is 15.0 Å². The first kappa shape index (κ1) is 17.1. The van der Waals surface area contributed by atoms with Crippen molar-refractivity contribution < 1.29 is 0 Å². The number of nitrogens with one attached hydrogen (secondary N) is 1. The summed E-state index contributed by atoms with van der Waals surface area (Å²) in [7, 11) is 0. The number of aryl methyl sites for hydroxylation is 1. The summed E-state index contributed by atoms with van der Waals surface area (Å²) in [5.74, 6) is 0.644. The molecule has 4 aromatic rings. The Morgan fingerprint density at radius 3 is 2.79 bits per heavy atom. The number of hydrogen-bond acceptors (Lipinski definition) is 5. The van der Waals surface area contributed by atoms with Crippen LogP contribution < -0.4 is 10.3 Å². The van der Waals surface area contributed by atoms with Gasteiger partial charge in [-0.25, -0.2) is 9.97 Å². The number of H-pyrrole nitrogens is 1. The number of pyridine rings is 1. The van der Waals surface area contributed by atoms with Crippen molar-refractivity contribution in [2.75, 3.05) is 4.90 Å². The van der Waals surface area contributed by atoms with E-state index in [4.69, 9.17) is 0 Å². The molecule has 0 aliphatic carbocycles. The Hall–Kier alpha value is -2.99. The first-order valence-corrected chi connectivity index (χ1v) is 10.3. The average Bonchev–Trinajstić information content (AvgIpc) is 3.34. The molecule has 1 aromatic carbocycles. The molecule has 1 aliphatic heterocycles. The molecule has 0 saturated carbocycles. The lowest BCUT2D eigenvalue weighted by Crippen LogP contribution is -2.24. The number of aromatic amines is 1. The Morgan fingerprint density at radius 1 is 1.14 bits per heavy atom. The number of thiophene rings is 1. The van der Waals surface area contributed by atoms with Crippen LogP contribution in [0.1, 0.15) is 40.4 Å². The molecule has 0 saturated heterocycles. The van der Waals surface area contributed by atoms with Gasteiger partial charge in [-0.2, -0.15) is 0 Å². The lowest BCUT2D eigenvalue weighted by atomic mass is 10.1. The van der Waals surface area contributed by atoms with E-state index in [-0.39, 0.29) is 11.5 Å². The molecule has 1 unspecified atom stereocenters. The van der Waals surface area contributed by atoms with Gasteiger partial charge in [0.1, 0.15) is 6.04 Å². The topological polar surface area (TPSA) is 61.9 Å². The number of nitrogens with zero attached hydrogens (tertiary/aromatic N) is 3. The lowest BCUT2D eigenvalue weighted by molar-refractivity contribution is 0.738. The van der Waals surface area contributed by atoms with E-state index >= 15 is 0 Å². The van der Waals surface area contributed by atoms with Crippen molar-refractivity contribution in [3.05, 3.63) is 86.1 Å². The number of para-hydroxylation sites is 1. The predicted molar refractivity (Wildman–Crippen MR) is 113 cm³/mol. The molecule has 3 aromatic heterocycles. The Kier molecular flexibility index (Phi) is 4.20. The zero-order valence-corrected chi connectivity index (χ0v) is 16.4. The number of hydrogen-bond donors (Lipinski definition) is 1. The second-order valence-electron chi connectivity index (χ2n) is 7.03. The quantitative estimate of drug-likeness (QED) is 0.561. The highest BCUT2D eigenvalue weighted by Crippen LogP contribution is 2.41. The van der Waals surface area contributed by atoms with Gasteiger partial charge in [0.15, 0.2) is 5.43 Å². The number of benzene rings is 1. The summed E-state index contributed by atoms with van der Waals surface area (Å²) in [6.07, 6.45) is 5.68. The normalized spacial score (nSPS) is 15.9. The fourth-order valence-corrected chi connectivity index (χ4v) is 5.18. The Morgan fingerprint density at radius 2 is 1.96 bits per heavy atom. The van der Waals surface area contributed by atoms with Crippen molar-refractivity contribution in [1.29, 1.82) is 0 Å². The maximum atomic E-state index is 13.2. The average molecular weight is 388 g/mol. The summed E-state index contributed by atoms with van der Waals surface area (Å²) >= 11 is 1.81. The van der Waals surface area contributed by atoms with Crippen LogP contribution in [0.4, 0.5) is 5.95 Å². The molecule has 28 heavy (non-hydrogen) atoms. The molecule has 0 amide bonds. The minimum absolute atomic E-state index is 0.0784. The highest BCUT2D eigenvalue weighted by molar-refractivity contribution is 7.12. The minimum Gasteiger partial charge on any atom is -0.356 e. The molecule has 1 atom stereocenters. The zero-order valence-electron chi connectivity index (χ0n) is 15.6. The summed E-state index contributed by atoms with van der Waals surface area (Å²) in [5, 5.41) is 0.730. The second kappa shape index (κ2) is 6.87. The first-order valence-electron chi connectivity index (χ1n) is 9.52. The molecule has 0 fully saturated rings. The van der Waals surface area contributed by atoms with Gasteiger partial charge in [0, 0.05) is 38.6 Å². The predicted octanol–water partition coefficient (Wildman–Crippen LogP) is 4.44. The van der Waals surface area contributed by atoms with Gasteiger partial charge in [-0.1, -0.05) is 25.5 Å². The van der Waals surface area contributed by atoms with Gasteiger partial charge in [-0.3, -0.25) is 4.79 Å². The molecule has 1 aliphatic rings. The second-order valence-corrected chi connectivity index (χ2v) is 8.23. The molecule has 0 bridgehead atoms. The molecule has 4 heterocycles. The molecule has 140 valence electrons. The van der Waals surface area contributed by atoms with E-state index in [1.807, 2.05) is 41.7 Å². The van der Waals surface area contributed by atoms with E-state index in [0.717, 1.165) is 35.0 Å². The number of fused-ring (bicyclic) bond motifs is 2. The van der Waals surface area contributed by atoms with Gasteiger partial charge >= 0.3 is 0 Å². The van der Waals surface area contributed by atoms with Gasteiger partial charge in [0.2, 0.25) is 5.95 Å². The third-order valence-electron chi connectivity index (χ3n) is 5.21. The number of anilines is 1. The highest BCUT2D eigenvalue weighted by atomic mass is 32.1. The number of rotatable bonds is 4. The molecular formula is C22H20N4OS. The van der Waals surface area contributed by atoms with Gasteiger partial charge in [0.25, 0.3) is 0 Å². The highest BCUT2D eigenvalue weighted by Gasteiger charge is 2.37. The van der Waals surface area contributed by atoms with Crippen LogP contribution in [0, 0.1) is 0 Å². The molecule has 0 radical (unpaired) electrons. The van der Waals surface area contributed by atoms with Crippen molar-refractivity contribution in [3.63, 3.8) is 0 Å². The van der Waals surface area contributed by atoms with Crippen LogP contribution >= 0.6 is 11.3 Å². The van der Waals surface area contributed by atoms with E-state index in [1.165, 1.54) is 9.75 Å². The van der Waals surface area contributed by atoms with Gasteiger partial charge in [0.05, 0.1) is 12.2 Å². The van der Waals surface area contributed by atoms with E-state index in [2.05, 4.69) is 38.9 Å². The van der Waals surface area contributed by atoms with E-state index in [0.29, 0.717) is 12.5 Å². The third kappa shape index (κ3) is 2.72. The van der Waals surface area contributed by atoms with Crippen molar-refractivity contribution in [1.82, 2.24) is 15.0 Å². The molecule has 0 spiro atoms. The fraction of sp³-hybridized carbons (Fsp3) is 0.227. The van der Waals surface area contributed by atoms with Gasteiger partial charge < -0.3 is 9.88 Å². The third-order valence-corrected chi connectivity index (χ3v) is 6.41. The van der Waals surface area contributed by atoms with Gasteiger partial charge in [-0.15, -0.1) is 11.3 Å². The van der Waals surface area contributed by atoms with Crippen LogP contribution in [0.3, 0.4) is 0 Å². The summed E-state index contributed by atoms with van der Waals surface area (Å²) in [5.41, 5.74) is 2.73. The smallest absolute Gasteiger partial charge is 0.226 e. The number of aromatic nitrogens is 3.